The van der Waals surface area contributed by atoms with E-state index in [1.807, 2.05) is 19.9 Å². The fourth-order valence-corrected chi connectivity index (χ4v) is 3.13. The van der Waals surface area contributed by atoms with Crippen LogP contribution in [0.5, 0.6) is 0 Å². The van der Waals surface area contributed by atoms with Crippen molar-refractivity contribution in [2.24, 2.45) is 23.3 Å². The van der Waals surface area contributed by atoms with E-state index in [4.69, 9.17) is 17.4 Å². The van der Waals surface area contributed by atoms with E-state index in [2.05, 4.69) is 20.8 Å². The highest BCUT2D eigenvalue weighted by molar-refractivity contribution is 5.94. The summed E-state index contributed by atoms with van der Waals surface area (Å²) in [6, 6.07) is 5.74. The summed E-state index contributed by atoms with van der Waals surface area (Å²) >= 11 is 0. The molecule has 3 amide bonds. The number of rotatable bonds is 15. The predicted molar refractivity (Wildman–Crippen MR) is 118 cm³/mol. The van der Waals surface area contributed by atoms with Gasteiger partial charge in [-0.15, -0.1) is 0 Å². The van der Waals surface area contributed by atoms with Crippen LogP contribution in [0.15, 0.2) is 24.3 Å². The summed E-state index contributed by atoms with van der Waals surface area (Å²) in [7, 11) is 0. The van der Waals surface area contributed by atoms with Crippen LogP contribution in [0, 0.1) is 5.92 Å². The van der Waals surface area contributed by atoms with Crippen molar-refractivity contribution < 1.29 is 19.2 Å². The summed E-state index contributed by atoms with van der Waals surface area (Å²) in [5.41, 5.74) is 12.3. The van der Waals surface area contributed by atoms with Gasteiger partial charge < -0.3 is 22.1 Å². The second-order valence-corrected chi connectivity index (χ2v) is 7.82. The van der Waals surface area contributed by atoms with E-state index >= 15 is 0 Å². The minimum atomic E-state index is -0.773. The van der Waals surface area contributed by atoms with Gasteiger partial charge in [-0.3, -0.25) is 24.5 Å². The molecule has 9 N–H and O–H groups in total. The van der Waals surface area contributed by atoms with Crippen LogP contribution in [0.3, 0.4) is 0 Å². The summed E-state index contributed by atoms with van der Waals surface area (Å²) in [6.45, 7) is 4.82. The Morgan fingerprint density at radius 2 is 1.87 bits per heavy atom. The van der Waals surface area contributed by atoms with Crippen molar-refractivity contribution in [3.8, 4) is 0 Å². The minimum Gasteiger partial charge on any atom is -0.368 e. The molecule has 0 radical (unpaired) electrons. The number of carbonyl (C=O) groups is 3. The van der Waals surface area contributed by atoms with E-state index in [-0.39, 0.29) is 31.0 Å². The first-order valence-corrected chi connectivity index (χ1v) is 10.5. The van der Waals surface area contributed by atoms with Crippen LogP contribution >= 0.6 is 0 Å². The molecular weight excluding hydrogens is 400 g/mol. The molecule has 10 heteroatoms. The highest BCUT2D eigenvalue weighted by Crippen LogP contribution is 2.08. The molecule has 0 heterocycles. The molecule has 10 nitrogen and oxygen atoms in total. The van der Waals surface area contributed by atoms with Crippen LogP contribution in [-0.4, -0.2) is 43.0 Å². The fraction of sp³-hybridized carbons (Fsp3) is 0.571. The zero-order valence-electron chi connectivity index (χ0n) is 18.4. The molecule has 0 spiro atoms. The average Bonchev–Trinajstić information content (AvgIpc) is 2.72. The zero-order valence-corrected chi connectivity index (χ0v) is 18.4. The highest BCUT2D eigenvalue weighted by Gasteiger charge is 2.24. The molecule has 1 rings (SSSR count). The standard InChI is InChI=1S/C21H36N6O4/c1-14(2)10-18(26-13-22)21(30)27-17(19(23)28)8-3-4-9-25-20(29)16-7-5-6-15(11-16)12-31-24/h5-7,11,14,17-18,26H,3-4,8-10,12-13,22,24H2,1-2H3,(H2,23,28)(H,25,29)(H,27,30)/t17-,18-/m0/s1. The third kappa shape index (κ3) is 10.4. The summed E-state index contributed by atoms with van der Waals surface area (Å²) in [5.74, 6) is 4.26. The van der Waals surface area contributed by atoms with E-state index in [0.29, 0.717) is 37.8 Å². The van der Waals surface area contributed by atoms with Crippen molar-refractivity contribution >= 4 is 17.7 Å². The molecule has 0 aliphatic heterocycles. The molecule has 1 aromatic rings. The van der Waals surface area contributed by atoms with Gasteiger partial charge in [-0.2, -0.15) is 0 Å². The van der Waals surface area contributed by atoms with Crippen molar-refractivity contribution in [1.29, 1.82) is 0 Å². The smallest absolute Gasteiger partial charge is 0.251 e. The lowest BCUT2D eigenvalue weighted by Gasteiger charge is -2.22. The van der Waals surface area contributed by atoms with Gasteiger partial charge in [0.15, 0.2) is 0 Å². The van der Waals surface area contributed by atoms with Crippen molar-refractivity contribution in [2.45, 2.75) is 58.2 Å². The van der Waals surface area contributed by atoms with Gasteiger partial charge in [-0.05, 0) is 49.3 Å². The van der Waals surface area contributed by atoms with Gasteiger partial charge in [0.1, 0.15) is 6.04 Å². The van der Waals surface area contributed by atoms with Gasteiger partial charge in [0.25, 0.3) is 5.91 Å². The molecule has 0 aliphatic carbocycles. The Bertz CT molecular complexity index is 713. The van der Waals surface area contributed by atoms with Crippen LogP contribution < -0.4 is 33.3 Å². The number of benzene rings is 1. The Kier molecular flexibility index (Phi) is 12.4. The maximum absolute atomic E-state index is 12.5. The molecule has 0 aliphatic rings. The summed E-state index contributed by atoms with van der Waals surface area (Å²) < 4.78 is 0. The molecular formula is C21H36N6O4. The number of hydrogen-bond donors (Lipinski definition) is 6. The van der Waals surface area contributed by atoms with E-state index in [0.717, 1.165) is 5.56 Å². The highest BCUT2D eigenvalue weighted by atomic mass is 16.6. The molecule has 0 saturated heterocycles. The number of amides is 3. The normalized spacial score (nSPS) is 12.9. The SMILES string of the molecule is CC(C)C[C@H](NCN)C(=O)N[C@@H](CCCCNC(=O)c1cccc(CON)c1)C(N)=O. The number of hydrogen-bond acceptors (Lipinski definition) is 7. The lowest BCUT2D eigenvalue weighted by atomic mass is 10.0. The van der Waals surface area contributed by atoms with Crippen molar-refractivity contribution in [1.82, 2.24) is 16.0 Å². The van der Waals surface area contributed by atoms with Crippen molar-refractivity contribution in [3.63, 3.8) is 0 Å². The quantitative estimate of drug-likeness (QED) is 0.126. The number of primary amides is 1. The van der Waals surface area contributed by atoms with Gasteiger partial charge in [0, 0.05) is 18.8 Å². The Labute approximate surface area is 183 Å². The van der Waals surface area contributed by atoms with Crippen LogP contribution in [-0.2, 0) is 21.0 Å². The molecule has 1 aromatic carbocycles. The second-order valence-electron chi connectivity index (χ2n) is 7.82. The van der Waals surface area contributed by atoms with Crippen molar-refractivity contribution in [2.75, 3.05) is 13.2 Å². The first kappa shape index (κ1) is 26.5. The molecule has 174 valence electrons. The van der Waals surface area contributed by atoms with Gasteiger partial charge in [-0.25, -0.2) is 5.90 Å². The van der Waals surface area contributed by atoms with E-state index in [9.17, 15) is 14.4 Å². The third-order valence-electron chi connectivity index (χ3n) is 4.69. The van der Waals surface area contributed by atoms with Crippen LogP contribution in [0.1, 0.15) is 55.5 Å². The summed E-state index contributed by atoms with van der Waals surface area (Å²) in [4.78, 5) is 41.1. The van der Waals surface area contributed by atoms with E-state index in [1.54, 1.807) is 18.2 Å². The summed E-state index contributed by atoms with van der Waals surface area (Å²) in [6.07, 6.45) is 2.22. The Morgan fingerprint density at radius 3 is 2.48 bits per heavy atom. The van der Waals surface area contributed by atoms with Crippen LogP contribution in [0.2, 0.25) is 0 Å². The van der Waals surface area contributed by atoms with E-state index in [1.165, 1.54) is 0 Å². The third-order valence-corrected chi connectivity index (χ3v) is 4.69. The maximum Gasteiger partial charge on any atom is 0.251 e. The van der Waals surface area contributed by atoms with Crippen molar-refractivity contribution in [3.05, 3.63) is 35.4 Å². The topological polar surface area (TPSA) is 175 Å². The summed E-state index contributed by atoms with van der Waals surface area (Å²) in [5, 5.41) is 8.47. The maximum atomic E-state index is 12.5. The lowest BCUT2D eigenvalue weighted by molar-refractivity contribution is -0.129. The predicted octanol–water partition coefficient (Wildman–Crippen LogP) is -0.132. The Morgan fingerprint density at radius 1 is 1.13 bits per heavy atom. The molecule has 0 bridgehead atoms. The Hall–Kier alpha value is -2.53. The van der Waals surface area contributed by atoms with Gasteiger partial charge in [0.05, 0.1) is 12.6 Å². The molecule has 31 heavy (non-hydrogen) atoms. The second kappa shape index (κ2) is 14.5. The largest absolute Gasteiger partial charge is 0.368 e. The zero-order chi connectivity index (χ0) is 23.2. The minimum absolute atomic E-state index is 0.161. The lowest BCUT2D eigenvalue weighted by Crippen LogP contribution is -2.53. The molecule has 0 unspecified atom stereocenters. The molecule has 0 saturated carbocycles. The average molecular weight is 437 g/mol. The van der Waals surface area contributed by atoms with E-state index < -0.39 is 18.0 Å². The number of nitrogens with one attached hydrogen (secondary N) is 3. The Balaban J connectivity index is 2.45. The monoisotopic (exact) mass is 436 g/mol. The first-order chi connectivity index (χ1) is 14.8. The number of nitrogens with two attached hydrogens (primary N) is 3. The van der Waals surface area contributed by atoms with Crippen LogP contribution in [0.25, 0.3) is 0 Å². The first-order valence-electron chi connectivity index (χ1n) is 10.5. The van der Waals surface area contributed by atoms with Crippen LogP contribution in [0.4, 0.5) is 0 Å². The molecule has 2 atom stereocenters. The number of unbranched alkanes of at least 4 members (excludes halogenated alkanes) is 1. The van der Waals surface area contributed by atoms with Gasteiger partial charge >= 0.3 is 0 Å². The van der Waals surface area contributed by atoms with Gasteiger partial charge in [-0.1, -0.05) is 26.0 Å². The number of carbonyl (C=O) groups excluding carboxylic acids is 3. The molecule has 0 fully saturated rings. The van der Waals surface area contributed by atoms with Gasteiger partial charge in [0.2, 0.25) is 11.8 Å². The fourth-order valence-electron chi connectivity index (χ4n) is 3.13. The molecule has 0 aromatic heterocycles.